The molecule has 0 heterocycles. The molecule has 0 aromatic heterocycles. The van der Waals surface area contributed by atoms with Crippen LogP contribution in [0.5, 0.6) is 0 Å². The van der Waals surface area contributed by atoms with Gasteiger partial charge in [0.1, 0.15) is 13.4 Å². The van der Waals surface area contributed by atoms with Crippen molar-refractivity contribution in [2.24, 2.45) is 0 Å². The summed E-state index contributed by atoms with van der Waals surface area (Å²) in [5.41, 5.74) is 0. The average molecular weight is 201 g/mol. The number of nitrogens with one attached hydrogen (secondary N) is 1. The lowest BCUT2D eigenvalue weighted by molar-refractivity contribution is -0.196. The second-order valence-electron chi connectivity index (χ2n) is 2.34. The smallest absolute Gasteiger partial charge is 0.354 e. The van der Waals surface area contributed by atoms with E-state index in [0.717, 1.165) is 6.54 Å². The van der Waals surface area contributed by atoms with Crippen LogP contribution in [-0.2, 0) is 9.47 Å². The lowest BCUT2D eigenvalue weighted by Gasteiger charge is -2.08. The van der Waals surface area contributed by atoms with Crippen LogP contribution in [-0.4, -0.2) is 39.3 Å². The first-order valence-corrected chi connectivity index (χ1v) is 3.99. The van der Waals surface area contributed by atoms with Gasteiger partial charge in [-0.1, -0.05) is 6.92 Å². The minimum Gasteiger partial charge on any atom is -0.354 e. The molecule has 13 heavy (non-hydrogen) atoms. The van der Waals surface area contributed by atoms with Gasteiger partial charge in [-0.3, -0.25) is 0 Å². The molecule has 1 N–H and O–H groups in total. The van der Waals surface area contributed by atoms with Crippen LogP contribution < -0.4 is 5.32 Å². The molecule has 0 aliphatic heterocycles. The molecule has 0 spiro atoms. The van der Waals surface area contributed by atoms with Crippen LogP contribution in [0.1, 0.15) is 6.92 Å². The Bertz CT molecular complexity index is 119. The van der Waals surface area contributed by atoms with E-state index in [2.05, 4.69) is 10.1 Å². The summed E-state index contributed by atoms with van der Waals surface area (Å²) in [6, 6.07) is 0. The van der Waals surface area contributed by atoms with Crippen LogP contribution in [0.3, 0.4) is 0 Å². The molecule has 0 amide bonds. The van der Waals surface area contributed by atoms with E-state index in [9.17, 15) is 13.2 Å². The Morgan fingerprint density at radius 3 is 2.46 bits per heavy atom. The van der Waals surface area contributed by atoms with E-state index in [4.69, 9.17) is 4.74 Å². The zero-order valence-corrected chi connectivity index (χ0v) is 7.49. The number of hydrogen-bond acceptors (Lipinski definition) is 3. The summed E-state index contributed by atoms with van der Waals surface area (Å²) < 4.78 is 43.4. The summed E-state index contributed by atoms with van der Waals surface area (Å²) in [4.78, 5) is 0. The van der Waals surface area contributed by atoms with Gasteiger partial charge in [0, 0.05) is 6.54 Å². The van der Waals surface area contributed by atoms with Crippen molar-refractivity contribution in [3.63, 3.8) is 0 Å². The molecule has 0 bridgehead atoms. The summed E-state index contributed by atoms with van der Waals surface area (Å²) in [5, 5.41) is 2.95. The first-order chi connectivity index (χ1) is 6.06. The fourth-order valence-corrected chi connectivity index (χ4v) is 0.596. The van der Waals surface area contributed by atoms with Crippen molar-refractivity contribution in [1.29, 1.82) is 0 Å². The van der Waals surface area contributed by atoms with E-state index in [1.807, 2.05) is 6.92 Å². The SMILES string of the molecule is CCNCCOCOCC(F)(F)F. The predicted molar refractivity (Wildman–Crippen MR) is 41.4 cm³/mol. The lowest BCUT2D eigenvalue weighted by atomic mass is 10.6. The number of rotatable bonds is 7. The Hall–Kier alpha value is -0.330. The topological polar surface area (TPSA) is 30.5 Å². The van der Waals surface area contributed by atoms with Gasteiger partial charge < -0.3 is 14.8 Å². The van der Waals surface area contributed by atoms with Crippen molar-refractivity contribution >= 4 is 0 Å². The third-order valence-electron chi connectivity index (χ3n) is 1.11. The highest BCUT2D eigenvalue weighted by atomic mass is 19.4. The quantitative estimate of drug-likeness (QED) is 0.495. The maximum absolute atomic E-state index is 11.5. The Labute approximate surface area is 75.2 Å². The maximum atomic E-state index is 11.5. The van der Waals surface area contributed by atoms with E-state index in [1.54, 1.807) is 0 Å². The van der Waals surface area contributed by atoms with Gasteiger partial charge in [0.05, 0.1) is 6.61 Å². The van der Waals surface area contributed by atoms with Crippen LogP contribution in [0.15, 0.2) is 0 Å². The van der Waals surface area contributed by atoms with E-state index in [0.29, 0.717) is 13.2 Å². The molecule has 0 atom stereocenters. The second-order valence-corrected chi connectivity index (χ2v) is 2.34. The monoisotopic (exact) mass is 201 g/mol. The first kappa shape index (κ1) is 12.7. The number of likely N-dealkylation sites (N-methyl/N-ethyl adjacent to an activating group) is 1. The van der Waals surface area contributed by atoms with Crippen molar-refractivity contribution in [2.75, 3.05) is 33.1 Å². The third kappa shape index (κ3) is 11.7. The standard InChI is InChI=1S/C7H14F3NO2/c1-2-11-3-4-12-6-13-5-7(8,9)10/h11H,2-6H2,1H3. The van der Waals surface area contributed by atoms with Crippen molar-refractivity contribution in [3.05, 3.63) is 0 Å². The highest BCUT2D eigenvalue weighted by Gasteiger charge is 2.27. The summed E-state index contributed by atoms with van der Waals surface area (Å²) in [5.74, 6) is 0. The Morgan fingerprint density at radius 2 is 1.92 bits per heavy atom. The molecule has 0 aliphatic carbocycles. The van der Waals surface area contributed by atoms with Crippen molar-refractivity contribution in [3.8, 4) is 0 Å². The van der Waals surface area contributed by atoms with Crippen LogP contribution in [0.25, 0.3) is 0 Å². The highest BCUT2D eigenvalue weighted by molar-refractivity contribution is 4.43. The van der Waals surface area contributed by atoms with E-state index >= 15 is 0 Å². The predicted octanol–water partition coefficient (Wildman–Crippen LogP) is 1.15. The first-order valence-electron chi connectivity index (χ1n) is 3.99. The Kier molecular flexibility index (Phi) is 6.93. The molecule has 0 aromatic rings. The van der Waals surface area contributed by atoms with Crippen molar-refractivity contribution in [1.82, 2.24) is 5.32 Å². The van der Waals surface area contributed by atoms with Crippen LogP contribution >= 0.6 is 0 Å². The summed E-state index contributed by atoms with van der Waals surface area (Å²) in [6.45, 7) is 2.14. The normalized spacial score (nSPS) is 12.0. The summed E-state index contributed by atoms with van der Waals surface area (Å²) in [7, 11) is 0. The van der Waals surface area contributed by atoms with Gasteiger partial charge >= 0.3 is 6.18 Å². The van der Waals surface area contributed by atoms with Gasteiger partial charge in [0.25, 0.3) is 0 Å². The number of ether oxygens (including phenoxy) is 2. The summed E-state index contributed by atoms with van der Waals surface area (Å²) in [6.07, 6.45) is -4.27. The largest absolute Gasteiger partial charge is 0.411 e. The molecule has 0 unspecified atom stereocenters. The molecule has 3 nitrogen and oxygen atoms in total. The minimum atomic E-state index is -4.27. The summed E-state index contributed by atoms with van der Waals surface area (Å²) >= 11 is 0. The van der Waals surface area contributed by atoms with Gasteiger partial charge in [0.15, 0.2) is 0 Å². The van der Waals surface area contributed by atoms with E-state index in [-0.39, 0.29) is 6.79 Å². The number of alkyl halides is 3. The van der Waals surface area contributed by atoms with E-state index < -0.39 is 12.8 Å². The molecule has 0 aliphatic rings. The van der Waals surface area contributed by atoms with Gasteiger partial charge in [-0.05, 0) is 6.54 Å². The molecule has 0 radical (unpaired) electrons. The minimum absolute atomic E-state index is 0.315. The zero-order chi connectivity index (χ0) is 10.2. The highest BCUT2D eigenvalue weighted by Crippen LogP contribution is 2.13. The van der Waals surface area contributed by atoms with Crippen molar-refractivity contribution < 1.29 is 22.6 Å². The molecule has 0 fully saturated rings. The Morgan fingerprint density at radius 1 is 1.23 bits per heavy atom. The fraction of sp³-hybridized carbons (Fsp3) is 1.00. The average Bonchev–Trinajstić information content (AvgIpc) is 2.01. The molecule has 0 saturated carbocycles. The van der Waals surface area contributed by atoms with Gasteiger partial charge in [-0.2, -0.15) is 13.2 Å². The number of halogens is 3. The molecular formula is C7H14F3NO2. The van der Waals surface area contributed by atoms with E-state index in [1.165, 1.54) is 0 Å². The Balaban J connectivity index is 3.00. The molecule has 6 heteroatoms. The molecular weight excluding hydrogens is 187 g/mol. The van der Waals surface area contributed by atoms with Crippen LogP contribution in [0, 0.1) is 0 Å². The maximum Gasteiger partial charge on any atom is 0.411 e. The molecule has 80 valence electrons. The van der Waals surface area contributed by atoms with Gasteiger partial charge in [-0.25, -0.2) is 0 Å². The van der Waals surface area contributed by atoms with Gasteiger partial charge in [0.2, 0.25) is 0 Å². The zero-order valence-electron chi connectivity index (χ0n) is 7.49. The van der Waals surface area contributed by atoms with Gasteiger partial charge in [-0.15, -0.1) is 0 Å². The van der Waals surface area contributed by atoms with Crippen LogP contribution in [0.4, 0.5) is 13.2 Å². The third-order valence-corrected chi connectivity index (χ3v) is 1.11. The second kappa shape index (κ2) is 7.11. The number of hydrogen-bond donors (Lipinski definition) is 1. The molecule has 0 saturated heterocycles. The molecule has 0 rings (SSSR count). The van der Waals surface area contributed by atoms with Crippen LogP contribution in [0.2, 0.25) is 0 Å². The fourth-order valence-electron chi connectivity index (χ4n) is 0.596. The molecule has 0 aromatic carbocycles. The lowest BCUT2D eigenvalue weighted by Crippen LogP contribution is -2.21. The van der Waals surface area contributed by atoms with Crippen molar-refractivity contribution in [2.45, 2.75) is 13.1 Å².